The van der Waals surface area contributed by atoms with Gasteiger partial charge >= 0.3 is 0 Å². The van der Waals surface area contributed by atoms with Crippen molar-refractivity contribution >= 4 is 29.0 Å². The number of thioether (sulfide) groups is 1. The van der Waals surface area contributed by atoms with E-state index in [0.29, 0.717) is 16.5 Å². The summed E-state index contributed by atoms with van der Waals surface area (Å²) < 4.78 is 15.2. The first-order chi connectivity index (χ1) is 15.1. The Morgan fingerprint density at radius 2 is 1.87 bits per heavy atom. The van der Waals surface area contributed by atoms with Gasteiger partial charge in [-0.1, -0.05) is 66.4 Å². The lowest BCUT2D eigenvalue weighted by Gasteiger charge is -2.18. The number of nitrogen functional groups attached to an aromatic ring is 1. The molecule has 0 saturated heterocycles. The fourth-order valence-corrected chi connectivity index (χ4v) is 4.58. The summed E-state index contributed by atoms with van der Waals surface area (Å²) in [6.45, 7) is 0. The Hall–Kier alpha value is -3.17. The summed E-state index contributed by atoms with van der Waals surface area (Å²) in [6, 6.07) is 20.0. The third-order valence-electron chi connectivity index (χ3n) is 4.64. The number of hydrogen-bond acceptors (Lipinski definition) is 6. The van der Waals surface area contributed by atoms with Gasteiger partial charge in [0, 0.05) is 11.3 Å². The summed E-state index contributed by atoms with van der Waals surface area (Å²) in [6.07, 6.45) is 0.220. The highest BCUT2D eigenvalue weighted by molar-refractivity contribution is 7.99. The first-order valence-corrected chi connectivity index (χ1v) is 11.4. The number of nitrogens with one attached hydrogen (secondary N) is 1. The fraction of sp³-hybridized carbons (Fsp3) is 0.136. The van der Waals surface area contributed by atoms with E-state index >= 15 is 0 Å². The van der Waals surface area contributed by atoms with Gasteiger partial charge in [0.25, 0.3) is 0 Å². The van der Waals surface area contributed by atoms with Gasteiger partial charge in [-0.05, 0) is 28.6 Å². The summed E-state index contributed by atoms with van der Waals surface area (Å²) in [5.74, 6) is 6.16. The smallest absolute Gasteiger partial charge is 0.231 e. The van der Waals surface area contributed by atoms with Crippen LogP contribution < -0.4 is 11.2 Å². The third kappa shape index (κ3) is 5.12. The molecule has 9 heteroatoms. The maximum atomic E-state index is 13.9. The van der Waals surface area contributed by atoms with E-state index in [2.05, 4.69) is 15.5 Å². The van der Waals surface area contributed by atoms with E-state index in [1.165, 1.54) is 22.5 Å². The molecule has 2 heterocycles. The third-order valence-corrected chi connectivity index (χ3v) is 6.52. The second-order valence-electron chi connectivity index (χ2n) is 6.75. The number of carbonyl (C=O) groups excluding carboxylic acids is 1. The zero-order valence-corrected chi connectivity index (χ0v) is 18.1. The van der Waals surface area contributed by atoms with Crippen LogP contribution in [0.1, 0.15) is 27.9 Å². The van der Waals surface area contributed by atoms with Crippen LogP contribution >= 0.6 is 23.1 Å². The maximum Gasteiger partial charge on any atom is 0.231 e. The first kappa shape index (κ1) is 21.1. The molecule has 0 aliphatic rings. The van der Waals surface area contributed by atoms with Crippen LogP contribution in [0, 0.1) is 5.82 Å². The predicted molar refractivity (Wildman–Crippen MR) is 121 cm³/mol. The van der Waals surface area contributed by atoms with Crippen LogP contribution in [-0.4, -0.2) is 26.5 Å². The van der Waals surface area contributed by atoms with Crippen molar-refractivity contribution < 1.29 is 9.18 Å². The molecule has 2 aromatic carbocycles. The van der Waals surface area contributed by atoms with Crippen molar-refractivity contribution in [1.82, 2.24) is 20.2 Å². The number of nitrogens with zero attached hydrogens (tertiary/aromatic N) is 3. The number of rotatable bonds is 8. The van der Waals surface area contributed by atoms with Gasteiger partial charge in [0.1, 0.15) is 5.82 Å². The van der Waals surface area contributed by atoms with Gasteiger partial charge in [0.05, 0.1) is 11.8 Å². The highest BCUT2D eigenvalue weighted by Gasteiger charge is 2.19. The normalized spacial score (nSPS) is 11.9. The number of benzene rings is 2. The fourth-order valence-electron chi connectivity index (χ4n) is 3.09. The Labute approximate surface area is 187 Å². The molecule has 158 valence electrons. The van der Waals surface area contributed by atoms with Gasteiger partial charge in [-0.3, -0.25) is 4.79 Å². The monoisotopic (exact) mass is 453 g/mol. The SMILES string of the molecule is Nn1c(Cc2ccccc2F)nnc1SCC(=O)N[C@@H](c1ccccc1)c1cccs1. The van der Waals surface area contributed by atoms with Gasteiger partial charge in [-0.2, -0.15) is 0 Å². The Bertz CT molecular complexity index is 1150. The number of aromatic nitrogens is 3. The molecule has 4 rings (SSSR count). The average molecular weight is 454 g/mol. The number of halogens is 1. The van der Waals surface area contributed by atoms with Crippen molar-refractivity contribution in [1.29, 1.82) is 0 Å². The van der Waals surface area contributed by atoms with Crippen LogP contribution in [-0.2, 0) is 11.2 Å². The van der Waals surface area contributed by atoms with Crippen LogP contribution in [0.15, 0.2) is 77.3 Å². The van der Waals surface area contributed by atoms with E-state index in [-0.39, 0.29) is 29.9 Å². The summed E-state index contributed by atoms with van der Waals surface area (Å²) in [5.41, 5.74) is 1.50. The van der Waals surface area contributed by atoms with Gasteiger partial charge < -0.3 is 11.2 Å². The highest BCUT2D eigenvalue weighted by Crippen LogP contribution is 2.26. The first-order valence-electron chi connectivity index (χ1n) is 9.55. The molecule has 0 fully saturated rings. The summed E-state index contributed by atoms with van der Waals surface area (Å²) in [7, 11) is 0. The summed E-state index contributed by atoms with van der Waals surface area (Å²) in [5, 5.41) is 13.6. The second kappa shape index (κ2) is 9.76. The molecule has 1 amide bonds. The van der Waals surface area contributed by atoms with Crippen LogP contribution in [0.2, 0.25) is 0 Å². The van der Waals surface area contributed by atoms with Crippen molar-refractivity contribution in [3.05, 3.63) is 99.8 Å². The van der Waals surface area contributed by atoms with Gasteiger partial charge in [0.15, 0.2) is 5.82 Å². The molecular formula is C22H20FN5OS2. The Morgan fingerprint density at radius 1 is 1.10 bits per heavy atom. The number of thiophene rings is 1. The van der Waals surface area contributed by atoms with E-state index in [1.807, 2.05) is 47.8 Å². The molecule has 0 spiro atoms. The zero-order chi connectivity index (χ0) is 21.6. The molecule has 31 heavy (non-hydrogen) atoms. The van der Waals surface area contributed by atoms with Crippen LogP contribution in [0.3, 0.4) is 0 Å². The molecule has 0 unspecified atom stereocenters. The second-order valence-corrected chi connectivity index (χ2v) is 8.67. The molecule has 0 bridgehead atoms. The van der Waals surface area contributed by atoms with Gasteiger partial charge in [-0.25, -0.2) is 9.07 Å². The molecule has 0 aliphatic carbocycles. The molecule has 1 atom stereocenters. The summed E-state index contributed by atoms with van der Waals surface area (Å²) >= 11 is 2.78. The average Bonchev–Trinajstić information content (AvgIpc) is 3.44. The highest BCUT2D eigenvalue weighted by atomic mass is 32.2. The van der Waals surface area contributed by atoms with E-state index in [1.54, 1.807) is 29.5 Å². The minimum Gasteiger partial charge on any atom is -0.344 e. The lowest BCUT2D eigenvalue weighted by molar-refractivity contribution is -0.119. The van der Waals surface area contributed by atoms with Crippen molar-refractivity contribution in [3.8, 4) is 0 Å². The molecule has 4 aromatic rings. The van der Waals surface area contributed by atoms with Gasteiger partial charge in [-0.15, -0.1) is 21.5 Å². The molecule has 3 N–H and O–H groups in total. The Kier molecular flexibility index (Phi) is 6.63. The zero-order valence-electron chi connectivity index (χ0n) is 16.4. The van der Waals surface area contributed by atoms with Crippen LogP contribution in [0.5, 0.6) is 0 Å². The topological polar surface area (TPSA) is 85.8 Å². The van der Waals surface area contributed by atoms with Crippen molar-refractivity contribution in [3.63, 3.8) is 0 Å². The summed E-state index contributed by atoms with van der Waals surface area (Å²) in [4.78, 5) is 13.7. The van der Waals surface area contributed by atoms with E-state index < -0.39 is 0 Å². The lowest BCUT2D eigenvalue weighted by atomic mass is 10.1. The van der Waals surface area contributed by atoms with E-state index in [0.717, 1.165) is 10.4 Å². The van der Waals surface area contributed by atoms with Crippen LogP contribution in [0.25, 0.3) is 0 Å². The molecule has 6 nitrogen and oxygen atoms in total. The largest absolute Gasteiger partial charge is 0.344 e. The van der Waals surface area contributed by atoms with Crippen molar-refractivity contribution in [2.24, 2.45) is 0 Å². The minimum absolute atomic E-state index is 0.129. The molecule has 0 aliphatic heterocycles. The Morgan fingerprint density at radius 3 is 2.61 bits per heavy atom. The van der Waals surface area contributed by atoms with E-state index in [4.69, 9.17) is 5.84 Å². The molecule has 0 saturated carbocycles. The minimum atomic E-state index is -0.320. The number of amides is 1. The standard InChI is InChI=1S/C22H20FN5OS2/c23-17-10-5-4-9-16(17)13-19-26-27-22(28(19)24)31-14-20(29)25-21(18-11-6-12-30-18)15-7-2-1-3-8-15/h1-12,21H,13-14,24H2,(H,25,29)/t21-/m0/s1. The van der Waals surface area contributed by atoms with Gasteiger partial charge in [0.2, 0.25) is 11.1 Å². The number of hydrogen-bond donors (Lipinski definition) is 2. The quantitative estimate of drug-likeness (QED) is 0.313. The number of carbonyl (C=O) groups is 1. The van der Waals surface area contributed by atoms with Crippen LogP contribution in [0.4, 0.5) is 4.39 Å². The van der Waals surface area contributed by atoms with Crippen molar-refractivity contribution in [2.75, 3.05) is 11.6 Å². The Balaban J connectivity index is 1.40. The van der Waals surface area contributed by atoms with Crippen molar-refractivity contribution in [2.45, 2.75) is 17.6 Å². The maximum absolute atomic E-state index is 13.9. The molecule has 0 radical (unpaired) electrons. The molecule has 2 aromatic heterocycles. The number of nitrogens with two attached hydrogens (primary N) is 1. The lowest BCUT2D eigenvalue weighted by Crippen LogP contribution is -2.30. The molecular weight excluding hydrogens is 433 g/mol. The predicted octanol–water partition coefficient (Wildman–Crippen LogP) is 3.78. The van der Waals surface area contributed by atoms with E-state index in [9.17, 15) is 9.18 Å².